The molecule has 0 saturated heterocycles. The van der Waals surface area contributed by atoms with Gasteiger partial charge in [0.2, 0.25) is 0 Å². The molecule has 2 aromatic rings. The first-order valence-corrected chi connectivity index (χ1v) is 7.88. The molecule has 1 amide bonds. The molecule has 2 rings (SSSR count). The Morgan fingerprint density at radius 1 is 1.04 bits per heavy atom. The first kappa shape index (κ1) is 18.3. The van der Waals surface area contributed by atoms with E-state index in [0.717, 1.165) is 0 Å². The number of hydrogen-bond acceptors (Lipinski definition) is 4. The number of carbonyl (C=O) groups is 2. The molecule has 132 valence electrons. The summed E-state index contributed by atoms with van der Waals surface area (Å²) in [5.41, 5.74) is -0.968. The molecule has 0 spiro atoms. The number of aliphatic carboxylic acids is 1. The predicted molar refractivity (Wildman–Crippen MR) is 92.7 cm³/mol. The minimum absolute atomic E-state index is 0.209. The lowest BCUT2D eigenvalue weighted by molar-refractivity contribution is -0.148. The summed E-state index contributed by atoms with van der Waals surface area (Å²) >= 11 is 0. The molecule has 6 nitrogen and oxygen atoms in total. The number of carboxylic acids is 1. The number of carboxylic acid groups (broad SMARTS) is 1. The highest BCUT2D eigenvalue weighted by Gasteiger charge is 2.40. The van der Waals surface area contributed by atoms with Gasteiger partial charge in [-0.2, -0.15) is 0 Å². The second kappa shape index (κ2) is 8.19. The van der Waals surface area contributed by atoms with E-state index in [1.54, 1.807) is 68.6 Å². The average molecular weight is 343 g/mol. The van der Waals surface area contributed by atoms with Crippen LogP contribution in [0.4, 0.5) is 0 Å². The molecule has 0 saturated carbocycles. The van der Waals surface area contributed by atoms with Crippen LogP contribution in [0.2, 0.25) is 0 Å². The van der Waals surface area contributed by atoms with Gasteiger partial charge < -0.3 is 19.9 Å². The fraction of sp³-hybridized carbons (Fsp3) is 0.263. The lowest BCUT2D eigenvalue weighted by Gasteiger charge is -2.30. The van der Waals surface area contributed by atoms with Gasteiger partial charge in [0, 0.05) is 0 Å². The van der Waals surface area contributed by atoms with Crippen molar-refractivity contribution in [3.05, 3.63) is 60.2 Å². The van der Waals surface area contributed by atoms with Crippen LogP contribution in [0.25, 0.3) is 0 Å². The lowest BCUT2D eigenvalue weighted by Crippen LogP contribution is -2.52. The van der Waals surface area contributed by atoms with Crippen LogP contribution < -0.4 is 14.8 Å². The van der Waals surface area contributed by atoms with Crippen LogP contribution in [-0.4, -0.2) is 30.7 Å². The summed E-state index contributed by atoms with van der Waals surface area (Å²) in [6, 6.07) is 15.4. The van der Waals surface area contributed by atoms with Crippen molar-refractivity contribution >= 4 is 11.9 Å². The van der Waals surface area contributed by atoms with Crippen molar-refractivity contribution in [3.63, 3.8) is 0 Å². The lowest BCUT2D eigenvalue weighted by atomic mass is 9.87. The summed E-state index contributed by atoms with van der Waals surface area (Å²) in [5.74, 6) is -0.451. The van der Waals surface area contributed by atoms with Gasteiger partial charge >= 0.3 is 5.97 Å². The maximum Gasteiger partial charge on any atom is 0.334 e. The summed E-state index contributed by atoms with van der Waals surface area (Å²) in [4.78, 5) is 24.1. The third-order valence-electron chi connectivity index (χ3n) is 3.94. The first-order chi connectivity index (χ1) is 12.0. The van der Waals surface area contributed by atoms with E-state index in [1.165, 1.54) is 0 Å². The number of ether oxygens (including phenoxy) is 2. The molecule has 1 unspecified atom stereocenters. The Morgan fingerprint density at radius 3 is 2.16 bits per heavy atom. The normalized spacial score (nSPS) is 12.7. The SMILES string of the molecule is CCC(NC(=O)COc1ccc(OC)cc1)(C(=O)O)c1ccccc1. The van der Waals surface area contributed by atoms with Crippen LogP contribution in [0, 0.1) is 0 Å². The van der Waals surface area contributed by atoms with Crippen molar-refractivity contribution in [2.45, 2.75) is 18.9 Å². The topological polar surface area (TPSA) is 84.9 Å². The second-order valence-corrected chi connectivity index (χ2v) is 5.44. The summed E-state index contributed by atoms with van der Waals surface area (Å²) < 4.78 is 10.5. The summed E-state index contributed by atoms with van der Waals surface area (Å²) in [6.45, 7) is 1.43. The molecule has 0 aliphatic carbocycles. The van der Waals surface area contributed by atoms with Crippen LogP contribution in [0.3, 0.4) is 0 Å². The summed E-state index contributed by atoms with van der Waals surface area (Å²) in [7, 11) is 1.56. The van der Waals surface area contributed by atoms with E-state index in [9.17, 15) is 14.7 Å². The maximum absolute atomic E-state index is 12.3. The number of amides is 1. The molecule has 25 heavy (non-hydrogen) atoms. The number of carbonyl (C=O) groups excluding carboxylic acids is 1. The second-order valence-electron chi connectivity index (χ2n) is 5.44. The van der Waals surface area contributed by atoms with Crippen molar-refractivity contribution in [2.24, 2.45) is 0 Å². The van der Waals surface area contributed by atoms with E-state index in [2.05, 4.69) is 5.32 Å². The maximum atomic E-state index is 12.3. The fourth-order valence-electron chi connectivity index (χ4n) is 2.51. The number of rotatable bonds is 8. The molecule has 1 atom stereocenters. The number of hydrogen-bond donors (Lipinski definition) is 2. The van der Waals surface area contributed by atoms with Crippen LogP contribution >= 0.6 is 0 Å². The summed E-state index contributed by atoms with van der Waals surface area (Å²) in [5, 5.41) is 12.3. The van der Waals surface area contributed by atoms with Gasteiger partial charge in [-0.3, -0.25) is 4.79 Å². The van der Waals surface area contributed by atoms with Gasteiger partial charge in [0.15, 0.2) is 12.1 Å². The molecule has 0 aromatic heterocycles. The molecule has 0 radical (unpaired) electrons. The van der Waals surface area contributed by atoms with E-state index in [1.807, 2.05) is 0 Å². The molecule has 0 aliphatic heterocycles. The average Bonchev–Trinajstić information content (AvgIpc) is 2.65. The number of methoxy groups -OCH3 is 1. The quantitative estimate of drug-likeness (QED) is 0.769. The third kappa shape index (κ3) is 4.29. The van der Waals surface area contributed by atoms with Crippen molar-refractivity contribution in [3.8, 4) is 11.5 Å². The summed E-state index contributed by atoms with van der Waals surface area (Å²) in [6.07, 6.45) is 0.209. The Hall–Kier alpha value is -3.02. The van der Waals surface area contributed by atoms with Gasteiger partial charge in [-0.25, -0.2) is 4.79 Å². The van der Waals surface area contributed by atoms with Gasteiger partial charge in [-0.05, 0) is 36.2 Å². The van der Waals surface area contributed by atoms with Crippen molar-refractivity contribution < 1.29 is 24.2 Å². The van der Waals surface area contributed by atoms with Crippen molar-refractivity contribution in [1.29, 1.82) is 0 Å². The number of benzene rings is 2. The van der Waals surface area contributed by atoms with Crippen LogP contribution in [-0.2, 0) is 15.1 Å². The Bertz CT molecular complexity index is 714. The molecule has 6 heteroatoms. The minimum atomic E-state index is -1.48. The molecule has 0 fully saturated rings. The van der Waals surface area contributed by atoms with E-state index < -0.39 is 17.4 Å². The molecule has 2 aromatic carbocycles. The molecule has 0 bridgehead atoms. The Balaban J connectivity index is 2.08. The molecule has 0 heterocycles. The third-order valence-corrected chi connectivity index (χ3v) is 3.94. The molecular formula is C19H21NO5. The van der Waals surface area contributed by atoms with E-state index in [4.69, 9.17) is 9.47 Å². The van der Waals surface area contributed by atoms with Gasteiger partial charge in [0.25, 0.3) is 5.91 Å². The Morgan fingerprint density at radius 2 is 1.64 bits per heavy atom. The van der Waals surface area contributed by atoms with E-state index >= 15 is 0 Å². The monoisotopic (exact) mass is 343 g/mol. The zero-order valence-corrected chi connectivity index (χ0v) is 14.2. The zero-order chi connectivity index (χ0) is 18.3. The molecule has 2 N–H and O–H groups in total. The van der Waals surface area contributed by atoms with Gasteiger partial charge in [0.1, 0.15) is 11.5 Å². The Labute approximate surface area is 146 Å². The highest BCUT2D eigenvalue weighted by molar-refractivity contribution is 5.88. The van der Waals surface area contributed by atoms with E-state index in [-0.39, 0.29) is 13.0 Å². The van der Waals surface area contributed by atoms with Crippen molar-refractivity contribution in [2.75, 3.05) is 13.7 Å². The highest BCUT2D eigenvalue weighted by atomic mass is 16.5. The molecular weight excluding hydrogens is 322 g/mol. The van der Waals surface area contributed by atoms with Gasteiger partial charge in [0.05, 0.1) is 7.11 Å². The smallest absolute Gasteiger partial charge is 0.334 e. The van der Waals surface area contributed by atoms with Gasteiger partial charge in [-0.15, -0.1) is 0 Å². The highest BCUT2D eigenvalue weighted by Crippen LogP contribution is 2.25. The fourth-order valence-corrected chi connectivity index (χ4v) is 2.51. The van der Waals surface area contributed by atoms with Crippen LogP contribution in [0.15, 0.2) is 54.6 Å². The first-order valence-electron chi connectivity index (χ1n) is 7.88. The Kier molecular flexibility index (Phi) is 6.00. The standard InChI is InChI=1S/C19H21NO5/c1-3-19(18(22)23,14-7-5-4-6-8-14)20-17(21)13-25-16-11-9-15(24-2)10-12-16/h4-12H,3,13H2,1-2H3,(H,20,21)(H,22,23). The van der Waals surface area contributed by atoms with Crippen LogP contribution in [0.5, 0.6) is 11.5 Å². The predicted octanol–water partition coefficient (Wildman–Crippen LogP) is 2.58. The minimum Gasteiger partial charge on any atom is -0.497 e. The molecule has 0 aliphatic rings. The largest absolute Gasteiger partial charge is 0.497 e. The van der Waals surface area contributed by atoms with E-state index in [0.29, 0.717) is 17.1 Å². The number of nitrogens with one attached hydrogen (secondary N) is 1. The van der Waals surface area contributed by atoms with Gasteiger partial charge in [-0.1, -0.05) is 37.3 Å². The van der Waals surface area contributed by atoms with Crippen LogP contribution in [0.1, 0.15) is 18.9 Å². The zero-order valence-electron chi connectivity index (χ0n) is 14.2. The van der Waals surface area contributed by atoms with Crippen molar-refractivity contribution in [1.82, 2.24) is 5.32 Å².